The highest BCUT2D eigenvalue weighted by Crippen LogP contribution is 2.18. The van der Waals surface area contributed by atoms with Gasteiger partial charge >= 0.3 is 5.97 Å². The third-order valence-corrected chi connectivity index (χ3v) is 3.84. The van der Waals surface area contributed by atoms with Gasteiger partial charge in [0.1, 0.15) is 6.04 Å². The fourth-order valence-corrected chi connectivity index (χ4v) is 2.55. The zero-order chi connectivity index (χ0) is 17.6. The molecule has 128 valence electrons. The molecule has 1 rings (SSSR count). The third-order valence-electron chi connectivity index (χ3n) is 3.84. The van der Waals surface area contributed by atoms with E-state index in [1.807, 2.05) is 38.1 Å². The van der Waals surface area contributed by atoms with E-state index in [-0.39, 0.29) is 17.7 Å². The Balaban J connectivity index is 2.73. The number of hydrogen-bond acceptors (Lipinski definition) is 2. The van der Waals surface area contributed by atoms with Gasteiger partial charge in [-0.1, -0.05) is 52.0 Å². The molecule has 0 spiro atoms. The molecular formula is C19H29NO3. The molecule has 0 aliphatic heterocycles. The monoisotopic (exact) mass is 319 g/mol. The first-order chi connectivity index (χ1) is 10.7. The van der Waals surface area contributed by atoms with Gasteiger partial charge in [0, 0.05) is 0 Å². The molecule has 4 heteroatoms. The minimum Gasteiger partial charge on any atom is -0.480 e. The second kappa shape index (κ2) is 8.70. The Labute approximate surface area is 139 Å². The Morgan fingerprint density at radius 1 is 1.00 bits per heavy atom. The number of carboxylic acids is 1. The lowest BCUT2D eigenvalue weighted by Crippen LogP contribution is -2.43. The summed E-state index contributed by atoms with van der Waals surface area (Å²) < 4.78 is 0. The highest BCUT2D eigenvalue weighted by Gasteiger charge is 2.24. The number of rotatable bonds is 8. The summed E-state index contributed by atoms with van der Waals surface area (Å²) in [6, 6.07) is 7.18. The second-order valence-corrected chi connectivity index (χ2v) is 7.09. The Bertz CT molecular complexity index is 520. The number of aliphatic carboxylic acids is 1. The summed E-state index contributed by atoms with van der Waals surface area (Å²) in [7, 11) is 0. The van der Waals surface area contributed by atoms with E-state index in [1.165, 1.54) is 5.56 Å². The normalized spacial score (nSPS) is 13.9. The number of carboxylic acid groups (broad SMARTS) is 1. The van der Waals surface area contributed by atoms with Crippen LogP contribution in [0.2, 0.25) is 0 Å². The summed E-state index contributed by atoms with van der Waals surface area (Å²) >= 11 is 0. The standard InChI is InChI=1S/C19H29NO3/c1-12(2)10-15-6-8-16(9-7-15)14(5)18(21)20-17(19(22)23)11-13(3)4/h6-9,12-14,17H,10-11H2,1-5H3,(H,20,21)(H,22,23)/t14?,17-/m0/s1. The average molecular weight is 319 g/mol. The molecule has 0 bridgehead atoms. The number of carbonyl (C=O) groups excluding carboxylic acids is 1. The SMILES string of the molecule is CC(C)Cc1ccc(C(C)C(=O)N[C@@H](CC(C)C)C(=O)O)cc1. The molecular weight excluding hydrogens is 290 g/mol. The zero-order valence-corrected chi connectivity index (χ0v) is 14.8. The van der Waals surface area contributed by atoms with Gasteiger partial charge in [0.15, 0.2) is 0 Å². The van der Waals surface area contributed by atoms with E-state index in [4.69, 9.17) is 0 Å². The van der Waals surface area contributed by atoms with Gasteiger partial charge in [0.25, 0.3) is 0 Å². The fraction of sp³-hybridized carbons (Fsp3) is 0.579. The van der Waals surface area contributed by atoms with Gasteiger partial charge in [-0.15, -0.1) is 0 Å². The molecule has 0 saturated heterocycles. The molecule has 0 radical (unpaired) electrons. The summed E-state index contributed by atoms with van der Waals surface area (Å²) in [5, 5.41) is 11.9. The molecule has 0 aliphatic carbocycles. The smallest absolute Gasteiger partial charge is 0.326 e. The third kappa shape index (κ3) is 6.43. The number of amides is 1. The maximum Gasteiger partial charge on any atom is 0.326 e. The minimum atomic E-state index is -0.980. The largest absolute Gasteiger partial charge is 0.480 e. The Morgan fingerprint density at radius 3 is 2.00 bits per heavy atom. The number of carbonyl (C=O) groups is 2. The van der Waals surface area contributed by atoms with E-state index >= 15 is 0 Å². The van der Waals surface area contributed by atoms with Crippen molar-refractivity contribution in [2.24, 2.45) is 11.8 Å². The van der Waals surface area contributed by atoms with Gasteiger partial charge in [-0.25, -0.2) is 4.79 Å². The van der Waals surface area contributed by atoms with Gasteiger partial charge in [0.2, 0.25) is 5.91 Å². The van der Waals surface area contributed by atoms with E-state index < -0.39 is 12.0 Å². The van der Waals surface area contributed by atoms with Crippen molar-refractivity contribution < 1.29 is 14.7 Å². The number of hydrogen-bond donors (Lipinski definition) is 2. The molecule has 0 aliphatic rings. The van der Waals surface area contributed by atoms with E-state index in [9.17, 15) is 14.7 Å². The first kappa shape index (κ1) is 19.2. The van der Waals surface area contributed by atoms with E-state index in [0.717, 1.165) is 12.0 Å². The van der Waals surface area contributed by atoms with Crippen LogP contribution in [0.5, 0.6) is 0 Å². The van der Waals surface area contributed by atoms with E-state index in [2.05, 4.69) is 19.2 Å². The van der Waals surface area contributed by atoms with Crippen LogP contribution in [-0.2, 0) is 16.0 Å². The van der Waals surface area contributed by atoms with Crippen molar-refractivity contribution in [3.05, 3.63) is 35.4 Å². The second-order valence-electron chi connectivity index (χ2n) is 7.09. The average Bonchev–Trinajstić information content (AvgIpc) is 2.45. The lowest BCUT2D eigenvalue weighted by molar-refractivity contribution is -0.142. The Hall–Kier alpha value is -1.84. The van der Waals surface area contributed by atoms with Gasteiger partial charge in [0.05, 0.1) is 5.92 Å². The van der Waals surface area contributed by atoms with Crippen LogP contribution >= 0.6 is 0 Å². The molecule has 0 saturated carbocycles. The molecule has 4 nitrogen and oxygen atoms in total. The van der Waals surface area contributed by atoms with Crippen LogP contribution < -0.4 is 5.32 Å². The summed E-state index contributed by atoms with van der Waals surface area (Å²) in [5.41, 5.74) is 2.16. The molecule has 1 amide bonds. The molecule has 1 aromatic rings. The molecule has 1 aromatic carbocycles. The molecule has 1 unspecified atom stereocenters. The summed E-state index contributed by atoms with van der Waals surface area (Å²) in [6.45, 7) is 10.0. The van der Waals surface area contributed by atoms with E-state index in [0.29, 0.717) is 12.3 Å². The zero-order valence-electron chi connectivity index (χ0n) is 14.8. The van der Waals surface area contributed by atoms with Crippen molar-refractivity contribution in [3.8, 4) is 0 Å². The first-order valence-corrected chi connectivity index (χ1v) is 8.32. The molecule has 2 atom stereocenters. The van der Waals surface area contributed by atoms with E-state index in [1.54, 1.807) is 6.92 Å². The molecule has 0 aromatic heterocycles. The van der Waals surface area contributed by atoms with Crippen molar-refractivity contribution in [1.82, 2.24) is 5.32 Å². The molecule has 0 fully saturated rings. The number of benzene rings is 1. The van der Waals surface area contributed by atoms with Gasteiger partial charge in [-0.3, -0.25) is 4.79 Å². The van der Waals surface area contributed by atoms with Crippen molar-refractivity contribution in [2.75, 3.05) is 0 Å². The Morgan fingerprint density at radius 2 is 1.57 bits per heavy atom. The highest BCUT2D eigenvalue weighted by molar-refractivity contribution is 5.87. The summed E-state index contributed by atoms with van der Waals surface area (Å²) in [6.07, 6.45) is 1.44. The molecule has 2 N–H and O–H groups in total. The number of nitrogens with one attached hydrogen (secondary N) is 1. The lowest BCUT2D eigenvalue weighted by Gasteiger charge is -2.19. The van der Waals surface area contributed by atoms with Crippen LogP contribution in [0.4, 0.5) is 0 Å². The summed E-state index contributed by atoms with van der Waals surface area (Å²) in [4.78, 5) is 23.6. The summed E-state index contributed by atoms with van der Waals surface area (Å²) in [5.74, 6) is -0.783. The van der Waals surface area contributed by atoms with Gasteiger partial charge in [-0.05, 0) is 42.7 Å². The van der Waals surface area contributed by atoms with Crippen molar-refractivity contribution in [2.45, 2.75) is 59.4 Å². The fourth-order valence-electron chi connectivity index (χ4n) is 2.55. The van der Waals surface area contributed by atoms with Crippen LogP contribution in [0.3, 0.4) is 0 Å². The topological polar surface area (TPSA) is 66.4 Å². The van der Waals surface area contributed by atoms with Crippen LogP contribution in [0, 0.1) is 11.8 Å². The van der Waals surface area contributed by atoms with Crippen molar-refractivity contribution in [1.29, 1.82) is 0 Å². The highest BCUT2D eigenvalue weighted by atomic mass is 16.4. The molecule has 0 heterocycles. The van der Waals surface area contributed by atoms with Gasteiger partial charge in [-0.2, -0.15) is 0 Å². The van der Waals surface area contributed by atoms with Gasteiger partial charge < -0.3 is 10.4 Å². The minimum absolute atomic E-state index is 0.210. The van der Waals surface area contributed by atoms with Crippen molar-refractivity contribution in [3.63, 3.8) is 0 Å². The lowest BCUT2D eigenvalue weighted by atomic mass is 9.95. The van der Waals surface area contributed by atoms with Crippen LogP contribution in [0.15, 0.2) is 24.3 Å². The predicted octanol–water partition coefficient (Wildman–Crippen LogP) is 3.60. The van der Waals surface area contributed by atoms with Crippen LogP contribution in [0.25, 0.3) is 0 Å². The van der Waals surface area contributed by atoms with Crippen LogP contribution in [-0.4, -0.2) is 23.0 Å². The Kier molecular flexibility index (Phi) is 7.27. The van der Waals surface area contributed by atoms with Crippen molar-refractivity contribution >= 4 is 11.9 Å². The maximum atomic E-state index is 12.3. The quantitative estimate of drug-likeness (QED) is 0.769. The maximum absolute atomic E-state index is 12.3. The predicted molar refractivity (Wildman–Crippen MR) is 92.4 cm³/mol. The van der Waals surface area contributed by atoms with Crippen LogP contribution in [0.1, 0.15) is 58.1 Å². The molecule has 23 heavy (non-hydrogen) atoms. The first-order valence-electron chi connectivity index (χ1n) is 8.32.